The summed E-state index contributed by atoms with van der Waals surface area (Å²) in [6.07, 6.45) is 3.03. The SMILES string of the molecule is COc1cc(S(=O)(=O)NC2CCc3ccccc32)ccc1-n1cnnn1. The molecule has 1 aliphatic rings. The van der Waals surface area contributed by atoms with E-state index in [1.165, 1.54) is 35.8 Å². The Balaban J connectivity index is 1.64. The summed E-state index contributed by atoms with van der Waals surface area (Å²) in [6, 6.07) is 12.3. The van der Waals surface area contributed by atoms with Crippen LogP contribution in [0.5, 0.6) is 5.75 Å². The zero-order chi connectivity index (χ0) is 18.1. The van der Waals surface area contributed by atoms with Gasteiger partial charge in [-0.15, -0.1) is 5.10 Å². The molecule has 0 saturated carbocycles. The first-order chi connectivity index (χ1) is 12.6. The van der Waals surface area contributed by atoms with E-state index in [4.69, 9.17) is 4.74 Å². The van der Waals surface area contributed by atoms with Crippen LogP contribution < -0.4 is 9.46 Å². The lowest BCUT2D eigenvalue weighted by molar-refractivity contribution is 0.410. The molecule has 1 aliphatic carbocycles. The van der Waals surface area contributed by atoms with E-state index in [2.05, 4.69) is 20.2 Å². The van der Waals surface area contributed by atoms with E-state index in [1.54, 1.807) is 6.07 Å². The summed E-state index contributed by atoms with van der Waals surface area (Å²) in [5, 5.41) is 11.0. The van der Waals surface area contributed by atoms with Crippen molar-refractivity contribution >= 4 is 10.0 Å². The van der Waals surface area contributed by atoms with Crippen molar-refractivity contribution < 1.29 is 13.2 Å². The Morgan fingerprint density at radius 3 is 2.85 bits per heavy atom. The normalized spacial score (nSPS) is 16.4. The Labute approximate surface area is 150 Å². The number of nitrogens with zero attached hydrogens (tertiary/aromatic N) is 4. The molecule has 0 radical (unpaired) electrons. The maximum atomic E-state index is 12.9. The standard InChI is InChI=1S/C17H17N5O3S/c1-25-17-10-13(7-9-16(17)22-11-18-20-21-22)26(23,24)19-15-8-6-12-4-2-3-5-14(12)15/h2-5,7,9-11,15,19H,6,8H2,1H3. The van der Waals surface area contributed by atoms with Gasteiger partial charge >= 0.3 is 0 Å². The first kappa shape index (κ1) is 16.7. The van der Waals surface area contributed by atoms with Crippen molar-refractivity contribution in [1.29, 1.82) is 0 Å². The molecule has 1 atom stereocenters. The summed E-state index contributed by atoms with van der Waals surface area (Å²) in [7, 11) is -2.22. The summed E-state index contributed by atoms with van der Waals surface area (Å²) >= 11 is 0. The second-order valence-electron chi connectivity index (χ2n) is 6.00. The van der Waals surface area contributed by atoms with Crippen molar-refractivity contribution in [2.24, 2.45) is 0 Å². The van der Waals surface area contributed by atoms with Crippen molar-refractivity contribution in [3.8, 4) is 11.4 Å². The van der Waals surface area contributed by atoms with Gasteiger partial charge in [0.25, 0.3) is 0 Å². The molecule has 26 heavy (non-hydrogen) atoms. The number of tetrazole rings is 1. The Kier molecular flexibility index (Phi) is 4.17. The third-order valence-corrected chi connectivity index (χ3v) is 5.96. The van der Waals surface area contributed by atoms with Crippen LogP contribution in [0, 0.1) is 0 Å². The monoisotopic (exact) mass is 371 g/mol. The number of aromatic nitrogens is 4. The fraction of sp³-hybridized carbons (Fsp3) is 0.235. The van der Waals surface area contributed by atoms with Gasteiger partial charge in [0.2, 0.25) is 10.0 Å². The van der Waals surface area contributed by atoms with E-state index in [9.17, 15) is 8.42 Å². The van der Waals surface area contributed by atoms with Gasteiger partial charge in [-0.05, 0) is 46.5 Å². The zero-order valence-corrected chi connectivity index (χ0v) is 14.8. The molecule has 134 valence electrons. The van der Waals surface area contributed by atoms with Gasteiger partial charge in [-0.1, -0.05) is 24.3 Å². The minimum absolute atomic E-state index is 0.135. The Morgan fingerprint density at radius 2 is 2.08 bits per heavy atom. The molecule has 1 aromatic heterocycles. The van der Waals surface area contributed by atoms with Gasteiger partial charge in [-0.2, -0.15) is 4.68 Å². The predicted octanol–water partition coefficient (Wildman–Crippen LogP) is 1.64. The van der Waals surface area contributed by atoms with E-state index >= 15 is 0 Å². The molecule has 0 amide bonds. The van der Waals surface area contributed by atoms with Crippen molar-refractivity contribution in [3.63, 3.8) is 0 Å². The molecule has 2 aromatic carbocycles. The van der Waals surface area contributed by atoms with E-state index in [0.717, 1.165) is 18.4 Å². The molecule has 0 spiro atoms. The maximum Gasteiger partial charge on any atom is 0.241 e. The van der Waals surface area contributed by atoms with Crippen LogP contribution in [0.15, 0.2) is 53.7 Å². The molecule has 4 rings (SSSR count). The topological polar surface area (TPSA) is 99.0 Å². The highest BCUT2D eigenvalue weighted by molar-refractivity contribution is 7.89. The van der Waals surface area contributed by atoms with Crippen LogP contribution in [-0.2, 0) is 16.4 Å². The van der Waals surface area contributed by atoms with E-state index in [-0.39, 0.29) is 10.9 Å². The van der Waals surface area contributed by atoms with E-state index in [1.807, 2.05) is 24.3 Å². The molecular formula is C17H17N5O3S. The van der Waals surface area contributed by atoms with Gasteiger partial charge in [0, 0.05) is 12.1 Å². The summed E-state index contributed by atoms with van der Waals surface area (Å²) in [5.41, 5.74) is 2.78. The molecule has 8 nitrogen and oxygen atoms in total. The van der Waals surface area contributed by atoms with Gasteiger partial charge < -0.3 is 4.74 Å². The lowest BCUT2D eigenvalue weighted by Gasteiger charge is -2.16. The highest BCUT2D eigenvalue weighted by atomic mass is 32.2. The molecule has 0 bridgehead atoms. The van der Waals surface area contributed by atoms with Crippen LogP contribution in [0.4, 0.5) is 0 Å². The molecule has 0 aliphatic heterocycles. The van der Waals surface area contributed by atoms with Crippen LogP contribution in [0.1, 0.15) is 23.6 Å². The quantitative estimate of drug-likeness (QED) is 0.732. The molecular weight excluding hydrogens is 354 g/mol. The molecule has 0 saturated heterocycles. The molecule has 1 heterocycles. The van der Waals surface area contributed by atoms with Crippen LogP contribution >= 0.6 is 0 Å². The fourth-order valence-corrected chi connectivity index (χ4v) is 4.49. The van der Waals surface area contributed by atoms with Gasteiger partial charge in [0.05, 0.1) is 12.0 Å². The van der Waals surface area contributed by atoms with Crippen molar-refractivity contribution in [2.45, 2.75) is 23.8 Å². The van der Waals surface area contributed by atoms with Crippen LogP contribution in [-0.4, -0.2) is 35.7 Å². The number of methoxy groups -OCH3 is 1. The summed E-state index contributed by atoms with van der Waals surface area (Å²) in [6.45, 7) is 0. The van der Waals surface area contributed by atoms with Crippen LogP contribution in [0.25, 0.3) is 5.69 Å². The van der Waals surface area contributed by atoms with Gasteiger partial charge in [-0.3, -0.25) is 0 Å². The third-order valence-electron chi connectivity index (χ3n) is 4.49. The predicted molar refractivity (Wildman–Crippen MR) is 93.5 cm³/mol. The average molecular weight is 371 g/mol. The van der Waals surface area contributed by atoms with Crippen molar-refractivity contribution in [1.82, 2.24) is 24.9 Å². The Morgan fingerprint density at radius 1 is 1.23 bits per heavy atom. The number of fused-ring (bicyclic) bond motifs is 1. The largest absolute Gasteiger partial charge is 0.494 e. The number of sulfonamides is 1. The minimum Gasteiger partial charge on any atom is -0.494 e. The molecule has 0 fully saturated rings. The number of ether oxygens (including phenoxy) is 1. The van der Waals surface area contributed by atoms with Gasteiger partial charge in [-0.25, -0.2) is 13.1 Å². The zero-order valence-electron chi connectivity index (χ0n) is 14.0. The number of benzene rings is 2. The lowest BCUT2D eigenvalue weighted by Crippen LogP contribution is -2.27. The minimum atomic E-state index is -3.70. The first-order valence-corrected chi connectivity index (χ1v) is 9.58. The fourth-order valence-electron chi connectivity index (χ4n) is 3.22. The molecule has 1 N–H and O–H groups in total. The number of aryl methyl sites for hydroxylation is 1. The van der Waals surface area contributed by atoms with E-state index < -0.39 is 10.0 Å². The lowest BCUT2D eigenvalue weighted by atomic mass is 10.1. The summed E-state index contributed by atoms with van der Waals surface area (Å²) in [4.78, 5) is 0.135. The summed E-state index contributed by atoms with van der Waals surface area (Å²) < 4.78 is 35.2. The Bertz CT molecular complexity index is 1030. The molecule has 3 aromatic rings. The van der Waals surface area contributed by atoms with Gasteiger partial charge in [0.15, 0.2) is 0 Å². The van der Waals surface area contributed by atoms with Crippen LogP contribution in [0.2, 0.25) is 0 Å². The van der Waals surface area contributed by atoms with Crippen molar-refractivity contribution in [3.05, 3.63) is 59.9 Å². The van der Waals surface area contributed by atoms with Crippen LogP contribution in [0.3, 0.4) is 0 Å². The first-order valence-electron chi connectivity index (χ1n) is 8.10. The Hall–Kier alpha value is -2.78. The number of rotatable bonds is 5. The highest BCUT2D eigenvalue weighted by Gasteiger charge is 2.27. The summed E-state index contributed by atoms with van der Waals surface area (Å²) in [5.74, 6) is 0.368. The average Bonchev–Trinajstić information content (AvgIpc) is 3.31. The smallest absolute Gasteiger partial charge is 0.241 e. The second-order valence-corrected chi connectivity index (χ2v) is 7.71. The highest BCUT2D eigenvalue weighted by Crippen LogP contribution is 2.33. The number of nitrogens with one attached hydrogen (secondary N) is 1. The number of hydrogen-bond donors (Lipinski definition) is 1. The number of hydrogen-bond acceptors (Lipinski definition) is 6. The maximum absolute atomic E-state index is 12.9. The van der Waals surface area contributed by atoms with Crippen molar-refractivity contribution in [2.75, 3.05) is 7.11 Å². The van der Waals surface area contributed by atoms with E-state index in [0.29, 0.717) is 11.4 Å². The second kappa shape index (κ2) is 6.50. The van der Waals surface area contributed by atoms with Gasteiger partial charge in [0.1, 0.15) is 17.8 Å². The molecule has 1 unspecified atom stereocenters. The molecule has 9 heteroatoms. The third kappa shape index (κ3) is 2.95.